The van der Waals surface area contributed by atoms with Crippen molar-refractivity contribution in [3.8, 4) is 44.5 Å². The van der Waals surface area contributed by atoms with E-state index in [9.17, 15) is 4.79 Å². The van der Waals surface area contributed by atoms with E-state index in [2.05, 4.69) is 129 Å². The van der Waals surface area contributed by atoms with Gasteiger partial charge in [0.05, 0.1) is 5.41 Å². The van der Waals surface area contributed by atoms with Gasteiger partial charge in [-0.2, -0.15) is 0 Å². The fourth-order valence-corrected chi connectivity index (χ4v) is 9.02. The van der Waals surface area contributed by atoms with Gasteiger partial charge in [-0.05, 0) is 98.1 Å². The normalized spacial score (nSPS) is 12.9. The Morgan fingerprint density at radius 2 is 0.963 bits per heavy atom. The molecular formula is C48H29BrCl2N2O. The molecule has 0 atom stereocenters. The largest absolute Gasteiger partial charge is 0.289 e. The summed E-state index contributed by atoms with van der Waals surface area (Å²) >= 11 is 15.9. The van der Waals surface area contributed by atoms with Gasteiger partial charge in [-0.1, -0.05) is 148 Å². The maximum Gasteiger partial charge on any atom is 0.194 e. The Kier molecular flexibility index (Phi) is 8.83. The standard InChI is InChI=1S/C24H14ClN.C12H9Br.C12H6ClNO/c25-15-9-10-18-19-14-26-12-11-22(19)24(23(18)13-15)20-7-3-1-5-16(20)17-6-2-4-8-21(17)24;13-12-9-5-4-8-11(12)10-6-2-1-3-7-10;13-7-1-2-8-10(5-7)12(15)9-3-4-14-6-11(8)9/h1-14H;1-9H;1-6H. The van der Waals surface area contributed by atoms with Crippen LogP contribution in [0.1, 0.15) is 38.2 Å². The predicted octanol–water partition coefficient (Wildman–Crippen LogP) is 13.1. The summed E-state index contributed by atoms with van der Waals surface area (Å²) in [6.45, 7) is 0. The summed E-state index contributed by atoms with van der Waals surface area (Å²) in [5.41, 5.74) is 15.6. The number of halogens is 3. The van der Waals surface area contributed by atoms with Crippen LogP contribution in [-0.4, -0.2) is 15.8 Å². The zero-order chi connectivity index (χ0) is 36.8. The van der Waals surface area contributed by atoms with E-state index in [4.69, 9.17) is 23.2 Å². The third-order valence-electron chi connectivity index (χ3n) is 10.4. The molecule has 0 saturated heterocycles. The van der Waals surface area contributed by atoms with Crippen LogP contribution >= 0.6 is 39.1 Å². The van der Waals surface area contributed by atoms with Crippen LogP contribution in [0.5, 0.6) is 0 Å². The summed E-state index contributed by atoms with van der Waals surface area (Å²) in [5, 5.41) is 1.36. The first-order chi connectivity index (χ1) is 26.5. The molecule has 8 aromatic rings. The van der Waals surface area contributed by atoms with Crippen LogP contribution < -0.4 is 0 Å². The summed E-state index contributed by atoms with van der Waals surface area (Å²) in [6.07, 6.45) is 7.23. The average molecular weight is 801 g/mol. The number of benzene rings is 6. The number of rotatable bonds is 1. The number of hydrogen-bond donors (Lipinski definition) is 0. The van der Waals surface area contributed by atoms with Crippen molar-refractivity contribution in [2.45, 2.75) is 5.41 Å². The molecule has 3 aliphatic carbocycles. The Bertz CT molecular complexity index is 2680. The van der Waals surface area contributed by atoms with Gasteiger partial charge in [0.2, 0.25) is 0 Å². The lowest BCUT2D eigenvalue weighted by Gasteiger charge is -2.30. The molecule has 0 saturated carbocycles. The molecule has 3 nitrogen and oxygen atoms in total. The van der Waals surface area contributed by atoms with Crippen LogP contribution in [0.15, 0.2) is 181 Å². The van der Waals surface area contributed by atoms with E-state index in [1.54, 1.807) is 30.6 Å². The van der Waals surface area contributed by atoms with Crippen molar-refractivity contribution in [3.05, 3.63) is 224 Å². The lowest BCUT2D eigenvalue weighted by atomic mass is 9.71. The Hall–Kier alpha value is -5.65. The molecule has 54 heavy (non-hydrogen) atoms. The first-order valence-corrected chi connectivity index (χ1v) is 19.0. The predicted molar refractivity (Wildman–Crippen MR) is 223 cm³/mol. The average Bonchev–Trinajstić information content (AvgIpc) is 3.79. The van der Waals surface area contributed by atoms with Gasteiger partial charge in [-0.3, -0.25) is 14.8 Å². The van der Waals surface area contributed by atoms with Crippen LogP contribution in [0.2, 0.25) is 10.0 Å². The monoisotopic (exact) mass is 798 g/mol. The molecule has 11 rings (SSSR count). The first-order valence-electron chi connectivity index (χ1n) is 17.5. The second-order valence-electron chi connectivity index (χ2n) is 13.2. The number of pyridine rings is 2. The van der Waals surface area contributed by atoms with Crippen LogP contribution in [0.4, 0.5) is 0 Å². The van der Waals surface area contributed by atoms with Gasteiger partial charge < -0.3 is 0 Å². The Morgan fingerprint density at radius 3 is 1.67 bits per heavy atom. The van der Waals surface area contributed by atoms with Crippen LogP contribution in [0.3, 0.4) is 0 Å². The summed E-state index contributed by atoms with van der Waals surface area (Å²) in [4.78, 5) is 20.4. The highest BCUT2D eigenvalue weighted by molar-refractivity contribution is 9.10. The van der Waals surface area contributed by atoms with Crippen LogP contribution in [0, 0.1) is 0 Å². The molecule has 1 spiro atoms. The zero-order valence-electron chi connectivity index (χ0n) is 28.7. The third kappa shape index (κ3) is 5.53. The summed E-state index contributed by atoms with van der Waals surface area (Å²) in [5.74, 6) is 0.0323. The van der Waals surface area contributed by atoms with E-state index in [0.29, 0.717) is 16.1 Å². The Balaban J connectivity index is 0.000000117. The molecule has 258 valence electrons. The summed E-state index contributed by atoms with van der Waals surface area (Å²) in [6, 6.07) is 51.6. The molecule has 3 aliphatic rings. The van der Waals surface area contributed by atoms with Gasteiger partial charge in [0.25, 0.3) is 0 Å². The van der Waals surface area contributed by atoms with Crippen molar-refractivity contribution < 1.29 is 4.79 Å². The van der Waals surface area contributed by atoms with Gasteiger partial charge in [0.15, 0.2) is 5.78 Å². The molecule has 0 unspecified atom stereocenters. The van der Waals surface area contributed by atoms with Crippen LogP contribution in [0.25, 0.3) is 44.5 Å². The lowest BCUT2D eigenvalue weighted by Crippen LogP contribution is -2.25. The first kappa shape index (κ1) is 34.1. The van der Waals surface area contributed by atoms with Crippen molar-refractivity contribution in [3.63, 3.8) is 0 Å². The topological polar surface area (TPSA) is 42.9 Å². The van der Waals surface area contributed by atoms with E-state index < -0.39 is 0 Å². The summed E-state index contributed by atoms with van der Waals surface area (Å²) < 4.78 is 1.14. The van der Waals surface area contributed by atoms with Gasteiger partial charge in [-0.25, -0.2) is 0 Å². The molecule has 0 bridgehead atoms. The molecule has 6 aromatic carbocycles. The number of fused-ring (bicyclic) bond motifs is 13. The molecular weight excluding hydrogens is 771 g/mol. The van der Waals surface area contributed by atoms with E-state index >= 15 is 0 Å². The molecule has 0 aliphatic heterocycles. The molecule has 0 amide bonds. The highest BCUT2D eigenvalue weighted by Gasteiger charge is 2.51. The summed E-state index contributed by atoms with van der Waals surface area (Å²) in [7, 11) is 0. The van der Waals surface area contributed by atoms with E-state index in [0.717, 1.165) is 20.6 Å². The Labute approximate surface area is 332 Å². The minimum atomic E-state index is -0.314. The zero-order valence-corrected chi connectivity index (χ0v) is 31.8. The van der Waals surface area contributed by atoms with Gasteiger partial charge in [0.1, 0.15) is 0 Å². The van der Waals surface area contributed by atoms with E-state index in [-0.39, 0.29) is 11.2 Å². The number of carbonyl (C=O) groups is 1. The van der Waals surface area contributed by atoms with Gasteiger partial charge in [0, 0.05) is 61.6 Å². The number of nitrogens with zero attached hydrogens (tertiary/aromatic N) is 2. The van der Waals surface area contributed by atoms with Crippen molar-refractivity contribution in [2.75, 3.05) is 0 Å². The molecule has 0 fully saturated rings. The number of aromatic nitrogens is 2. The highest BCUT2D eigenvalue weighted by Crippen LogP contribution is 2.62. The van der Waals surface area contributed by atoms with Crippen LogP contribution in [-0.2, 0) is 5.41 Å². The molecule has 2 aromatic heterocycles. The van der Waals surface area contributed by atoms with E-state index in [1.807, 2.05) is 42.7 Å². The van der Waals surface area contributed by atoms with Crippen molar-refractivity contribution in [1.29, 1.82) is 0 Å². The van der Waals surface area contributed by atoms with E-state index in [1.165, 1.54) is 55.6 Å². The lowest BCUT2D eigenvalue weighted by molar-refractivity contribution is 0.104. The second-order valence-corrected chi connectivity index (χ2v) is 15.0. The number of ketones is 1. The third-order valence-corrected chi connectivity index (χ3v) is 11.6. The maximum atomic E-state index is 12.0. The van der Waals surface area contributed by atoms with Crippen molar-refractivity contribution >= 4 is 44.9 Å². The SMILES string of the molecule is Brc1ccccc1-c1ccccc1.Clc1ccc2c(c1)C1(c3ccccc3-c3ccccc31)c1ccncc1-2.O=C1c2cc(Cl)ccc2-c2cnccc21. The van der Waals surface area contributed by atoms with Crippen molar-refractivity contribution in [1.82, 2.24) is 9.97 Å². The second kappa shape index (κ2) is 14.0. The molecule has 0 N–H and O–H groups in total. The molecule has 2 heterocycles. The quantitative estimate of drug-likeness (QED) is 0.166. The minimum absolute atomic E-state index is 0.0323. The van der Waals surface area contributed by atoms with Gasteiger partial charge >= 0.3 is 0 Å². The highest BCUT2D eigenvalue weighted by atomic mass is 79.9. The number of carbonyl (C=O) groups excluding carboxylic acids is 1. The molecule has 6 heteroatoms. The smallest absolute Gasteiger partial charge is 0.194 e. The number of hydrogen-bond acceptors (Lipinski definition) is 3. The minimum Gasteiger partial charge on any atom is -0.289 e. The fraction of sp³-hybridized carbons (Fsp3) is 0.0208. The van der Waals surface area contributed by atoms with Crippen molar-refractivity contribution in [2.24, 2.45) is 0 Å². The Morgan fingerprint density at radius 1 is 0.426 bits per heavy atom. The maximum absolute atomic E-state index is 12.0. The van der Waals surface area contributed by atoms with Gasteiger partial charge in [-0.15, -0.1) is 0 Å². The molecule has 0 radical (unpaired) electrons. The fourth-order valence-electron chi connectivity index (χ4n) is 8.16.